The van der Waals surface area contributed by atoms with Crippen LogP contribution in [0.25, 0.3) is 0 Å². The van der Waals surface area contributed by atoms with Crippen LogP contribution in [0.2, 0.25) is 5.02 Å². The molecule has 4 nitrogen and oxygen atoms in total. The maximum absolute atomic E-state index is 12.1. The highest BCUT2D eigenvalue weighted by Crippen LogP contribution is 2.18. The molecule has 1 atom stereocenters. The molecule has 2 rings (SSSR count). The molecule has 1 aromatic carbocycles. The Kier molecular flexibility index (Phi) is 5.24. The number of piperidine rings is 1. The Bertz CT molecular complexity index is 591. The Morgan fingerprint density at radius 3 is 3.05 bits per heavy atom. The lowest BCUT2D eigenvalue weighted by Gasteiger charge is -2.29. The van der Waals surface area contributed by atoms with E-state index in [2.05, 4.69) is 12.2 Å². The lowest BCUT2D eigenvalue weighted by Crippen LogP contribution is -2.31. The monoisotopic (exact) mass is 303 g/mol. The van der Waals surface area contributed by atoms with Gasteiger partial charge in [0.05, 0.1) is 0 Å². The van der Waals surface area contributed by atoms with Gasteiger partial charge in [-0.2, -0.15) is 5.26 Å². The topological polar surface area (TPSA) is 56.1 Å². The van der Waals surface area contributed by atoms with Crippen molar-refractivity contribution in [3.8, 4) is 6.07 Å². The number of carbonyl (C=O) groups excluding carboxylic acids is 1. The SMILES string of the molecule is C[C@H]1CCCN(/C=C(/C#N)C(=O)Nc2cccc(Cl)c2)C1. The lowest BCUT2D eigenvalue weighted by molar-refractivity contribution is -0.112. The molecule has 0 spiro atoms. The number of anilines is 1. The maximum Gasteiger partial charge on any atom is 0.267 e. The third-order valence-electron chi connectivity index (χ3n) is 3.45. The van der Waals surface area contributed by atoms with E-state index in [0.29, 0.717) is 16.6 Å². The molecule has 0 bridgehead atoms. The van der Waals surface area contributed by atoms with Gasteiger partial charge in [0.2, 0.25) is 0 Å². The molecular formula is C16H18ClN3O. The summed E-state index contributed by atoms with van der Waals surface area (Å²) in [6.45, 7) is 3.95. The molecule has 1 heterocycles. The first-order chi connectivity index (χ1) is 10.1. The van der Waals surface area contributed by atoms with Gasteiger partial charge in [-0.3, -0.25) is 4.79 Å². The average Bonchev–Trinajstić information content (AvgIpc) is 2.44. The number of carbonyl (C=O) groups is 1. The first-order valence-electron chi connectivity index (χ1n) is 7.01. The highest BCUT2D eigenvalue weighted by molar-refractivity contribution is 6.31. The van der Waals surface area contributed by atoms with Gasteiger partial charge < -0.3 is 10.2 Å². The Morgan fingerprint density at radius 1 is 1.57 bits per heavy atom. The second-order valence-electron chi connectivity index (χ2n) is 5.36. The van der Waals surface area contributed by atoms with E-state index in [1.807, 2.05) is 11.0 Å². The summed E-state index contributed by atoms with van der Waals surface area (Å²) in [6, 6.07) is 8.84. The van der Waals surface area contributed by atoms with Crippen LogP contribution >= 0.6 is 11.6 Å². The molecule has 0 aliphatic carbocycles. The predicted molar refractivity (Wildman–Crippen MR) is 83.7 cm³/mol. The Hall–Kier alpha value is -1.99. The molecule has 1 saturated heterocycles. The van der Waals surface area contributed by atoms with Gasteiger partial charge in [0.15, 0.2) is 0 Å². The van der Waals surface area contributed by atoms with E-state index in [1.165, 1.54) is 6.42 Å². The van der Waals surface area contributed by atoms with E-state index >= 15 is 0 Å². The van der Waals surface area contributed by atoms with Crippen molar-refractivity contribution in [2.45, 2.75) is 19.8 Å². The van der Waals surface area contributed by atoms with Crippen molar-refractivity contribution in [3.05, 3.63) is 41.1 Å². The lowest BCUT2D eigenvalue weighted by atomic mass is 10.0. The minimum absolute atomic E-state index is 0.115. The maximum atomic E-state index is 12.1. The molecule has 0 saturated carbocycles. The first-order valence-corrected chi connectivity index (χ1v) is 7.39. The van der Waals surface area contributed by atoms with Crippen molar-refractivity contribution in [2.75, 3.05) is 18.4 Å². The van der Waals surface area contributed by atoms with E-state index in [4.69, 9.17) is 11.6 Å². The van der Waals surface area contributed by atoms with Crippen LogP contribution in [-0.4, -0.2) is 23.9 Å². The quantitative estimate of drug-likeness (QED) is 0.687. The minimum Gasteiger partial charge on any atom is -0.376 e. The third-order valence-corrected chi connectivity index (χ3v) is 3.68. The van der Waals surface area contributed by atoms with Gasteiger partial charge >= 0.3 is 0 Å². The molecule has 21 heavy (non-hydrogen) atoms. The van der Waals surface area contributed by atoms with Crippen LogP contribution in [0.3, 0.4) is 0 Å². The van der Waals surface area contributed by atoms with E-state index in [1.54, 1.807) is 30.5 Å². The summed E-state index contributed by atoms with van der Waals surface area (Å²) in [6.07, 6.45) is 3.95. The second kappa shape index (κ2) is 7.14. The molecule has 1 fully saturated rings. The van der Waals surface area contributed by atoms with Crippen molar-refractivity contribution in [1.29, 1.82) is 5.26 Å². The molecule has 0 radical (unpaired) electrons. The number of amides is 1. The Balaban J connectivity index is 2.06. The van der Waals surface area contributed by atoms with Crippen LogP contribution in [0.15, 0.2) is 36.0 Å². The first kappa shape index (κ1) is 15.4. The zero-order valence-electron chi connectivity index (χ0n) is 12.0. The number of nitriles is 1. The summed E-state index contributed by atoms with van der Waals surface area (Å²) in [5.41, 5.74) is 0.699. The summed E-state index contributed by atoms with van der Waals surface area (Å²) < 4.78 is 0. The normalized spacial score (nSPS) is 19.0. The van der Waals surface area contributed by atoms with Crippen LogP contribution in [0.4, 0.5) is 5.69 Å². The van der Waals surface area contributed by atoms with Gasteiger partial charge in [0.25, 0.3) is 5.91 Å². The van der Waals surface area contributed by atoms with Gasteiger partial charge in [-0.15, -0.1) is 0 Å². The molecule has 1 aromatic rings. The Morgan fingerprint density at radius 2 is 2.38 bits per heavy atom. The third kappa shape index (κ3) is 4.51. The van der Waals surface area contributed by atoms with Crippen LogP contribution in [0, 0.1) is 17.2 Å². The predicted octanol–water partition coefficient (Wildman–Crippen LogP) is 3.42. The molecule has 5 heteroatoms. The summed E-state index contributed by atoms with van der Waals surface area (Å²) in [7, 11) is 0. The summed E-state index contributed by atoms with van der Waals surface area (Å²) in [5.74, 6) is 0.184. The van der Waals surface area contributed by atoms with Crippen LogP contribution < -0.4 is 5.32 Å². The number of benzene rings is 1. The number of hydrogen-bond donors (Lipinski definition) is 1. The van der Waals surface area contributed by atoms with Crippen LogP contribution in [-0.2, 0) is 4.79 Å². The average molecular weight is 304 g/mol. The molecule has 0 aromatic heterocycles. The number of likely N-dealkylation sites (tertiary alicyclic amines) is 1. The molecular weight excluding hydrogens is 286 g/mol. The molecule has 0 unspecified atom stereocenters. The van der Waals surface area contributed by atoms with Crippen molar-refractivity contribution in [3.63, 3.8) is 0 Å². The number of rotatable bonds is 3. The zero-order valence-corrected chi connectivity index (χ0v) is 12.7. The van der Waals surface area contributed by atoms with E-state index < -0.39 is 5.91 Å². The molecule has 1 aliphatic rings. The van der Waals surface area contributed by atoms with Crippen LogP contribution in [0.5, 0.6) is 0 Å². The molecule has 1 N–H and O–H groups in total. The van der Waals surface area contributed by atoms with E-state index in [9.17, 15) is 10.1 Å². The van der Waals surface area contributed by atoms with E-state index in [0.717, 1.165) is 19.5 Å². The Labute approximate surface area is 130 Å². The molecule has 110 valence electrons. The van der Waals surface area contributed by atoms with Gasteiger partial charge in [-0.25, -0.2) is 0 Å². The van der Waals surface area contributed by atoms with E-state index in [-0.39, 0.29) is 5.57 Å². The number of halogens is 1. The van der Waals surface area contributed by atoms with Gasteiger partial charge in [-0.05, 0) is 37.0 Å². The van der Waals surface area contributed by atoms with Crippen molar-refractivity contribution in [2.24, 2.45) is 5.92 Å². The minimum atomic E-state index is -0.405. The molecule has 1 aliphatic heterocycles. The van der Waals surface area contributed by atoms with Gasteiger partial charge in [0, 0.05) is 30.0 Å². The highest BCUT2D eigenvalue weighted by Gasteiger charge is 2.16. The smallest absolute Gasteiger partial charge is 0.267 e. The number of hydrogen-bond acceptors (Lipinski definition) is 3. The van der Waals surface area contributed by atoms with Gasteiger partial charge in [0.1, 0.15) is 11.6 Å². The fourth-order valence-corrected chi connectivity index (χ4v) is 2.62. The number of nitrogens with zero attached hydrogens (tertiary/aromatic N) is 2. The highest BCUT2D eigenvalue weighted by atomic mass is 35.5. The fourth-order valence-electron chi connectivity index (χ4n) is 2.43. The second-order valence-corrected chi connectivity index (χ2v) is 5.80. The van der Waals surface area contributed by atoms with Crippen LogP contribution in [0.1, 0.15) is 19.8 Å². The van der Waals surface area contributed by atoms with Crippen molar-refractivity contribution >= 4 is 23.2 Å². The fraction of sp³-hybridized carbons (Fsp3) is 0.375. The molecule has 1 amide bonds. The van der Waals surface area contributed by atoms with Crippen molar-refractivity contribution in [1.82, 2.24) is 4.90 Å². The van der Waals surface area contributed by atoms with Crippen molar-refractivity contribution < 1.29 is 4.79 Å². The summed E-state index contributed by atoms with van der Waals surface area (Å²) in [4.78, 5) is 14.2. The largest absolute Gasteiger partial charge is 0.376 e. The standard InChI is InChI=1S/C16H18ClN3O/c1-12-4-3-7-20(10-12)11-13(9-18)16(21)19-15-6-2-5-14(17)8-15/h2,5-6,8,11-12H,3-4,7,10H2,1H3,(H,19,21)/b13-11-/t12-/m0/s1. The number of nitrogens with one attached hydrogen (secondary N) is 1. The zero-order chi connectivity index (χ0) is 15.2. The summed E-state index contributed by atoms with van der Waals surface area (Å²) in [5, 5.41) is 12.4. The summed E-state index contributed by atoms with van der Waals surface area (Å²) >= 11 is 5.87. The van der Waals surface area contributed by atoms with Gasteiger partial charge in [-0.1, -0.05) is 24.6 Å².